The highest BCUT2D eigenvalue weighted by molar-refractivity contribution is 7.89. The van der Waals surface area contributed by atoms with Gasteiger partial charge in [0.05, 0.1) is 17.1 Å². The summed E-state index contributed by atoms with van der Waals surface area (Å²) < 4.78 is 33.4. The maximum absolute atomic E-state index is 12.8. The lowest BCUT2D eigenvalue weighted by Crippen LogP contribution is -2.48. The van der Waals surface area contributed by atoms with E-state index in [0.717, 1.165) is 5.56 Å². The third-order valence-electron chi connectivity index (χ3n) is 4.41. The van der Waals surface area contributed by atoms with Crippen LogP contribution in [0.25, 0.3) is 0 Å². The highest BCUT2D eigenvalue weighted by Crippen LogP contribution is 2.17. The van der Waals surface area contributed by atoms with E-state index in [4.69, 9.17) is 4.74 Å². The number of ether oxygens (including phenoxy) is 1. The molecule has 1 fully saturated rings. The van der Waals surface area contributed by atoms with Crippen LogP contribution in [-0.4, -0.2) is 44.5 Å². The Hall–Kier alpha value is -2.22. The minimum atomic E-state index is -3.71. The third kappa shape index (κ3) is 4.94. The third-order valence-corrected chi connectivity index (χ3v) is 5.81. The maximum atomic E-state index is 12.8. The van der Waals surface area contributed by atoms with Gasteiger partial charge in [-0.05, 0) is 37.6 Å². The Bertz CT molecular complexity index is 889. The van der Waals surface area contributed by atoms with E-state index in [1.165, 1.54) is 12.1 Å². The average Bonchev–Trinajstić information content (AvgIpc) is 2.66. The van der Waals surface area contributed by atoms with Gasteiger partial charge in [-0.1, -0.05) is 36.4 Å². The highest BCUT2D eigenvalue weighted by Gasteiger charge is 2.27. The molecule has 0 aliphatic carbocycles. The molecule has 1 N–H and O–H groups in total. The minimum Gasteiger partial charge on any atom is -0.372 e. The molecule has 2 aromatic carbocycles. The van der Waals surface area contributed by atoms with Crippen molar-refractivity contribution in [2.75, 3.05) is 13.1 Å². The van der Waals surface area contributed by atoms with Crippen LogP contribution in [0.15, 0.2) is 59.5 Å². The van der Waals surface area contributed by atoms with Gasteiger partial charge in [0, 0.05) is 25.2 Å². The molecule has 0 spiro atoms. The van der Waals surface area contributed by atoms with Crippen LogP contribution in [0, 0.1) is 0 Å². The van der Waals surface area contributed by atoms with Crippen molar-refractivity contribution >= 4 is 15.9 Å². The molecule has 0 radical (unpaired) electrons. The molecule has 0 saturated carbocycles. The zero-order chi connectivity index (χ0) is 19.4. The van der Waals surface area contributed by atoms with Gasteiger partial charge in [-0.3, -0.25) is 4.79 Å². The van der Waals surface area contributed by atoms with Gasteiger partial charge in [-0.15, -0.1) is 0 Å². The molecule has 2 atom stereocenters. The Morgan fingerprint density at radius 1 is 1.07 bits per heavy atom. The van der Waals surface area contributed by atoms with E-state index in [1.54, 1.807) is 17.0 Å². The smallest absolute Gasteiger partial charge is 0.254 e. The molecule has 1 aliphatic heterocycles. The molecule has 6 nitrogen and oxygen atoms in total. The summed E-state index contributed by atoms with van der Waals surface area (Å²) in [6.45, 7) is 5.02. The van der Waals surface area contributed by atoms with Gasteiger partial charge < -0.3 is 9.64 Å². The standard InChI is InChI=1S/C20H24N2O4S/c1-15-13-22(14-16(2)26-15)20(23)18-9-6-10-19(11-18)27(24,25)21-12-17-7-4-3-5-8-17/h3-11,15-16,21H,12-14H2,1-2H3/t15-,16-/m0/s1. The van der Waals surface area contributed by atoms with E-state index in [2.05, 4.69) is 4.72 Å². The number of benzene rings is 2. The number of nitrogens with zero attached hydrogens (tertiary/aromatic N) is 1. The van der Waals surface area contributed by atoms with E-state index in [1.807, 2.05) is 44.2 Å². The van der Waals surface area contributed by atoms with Crippen molar-refractivity contribution in [2.45, 2.75) is 37.5 Å². The number of sulfonamides is 1. The zero-order valence-electron chi connectivity index (χ0n) is 15.5. The Balaban J connectivity index is 1.75. The fraction of sp³-hybridized carbons (Fsp3) is 0.350. The lowest BCUT2D eigenvalue weighted by molar-refractivity contribution is -0.0586. The number of amides is 1. The summed E-state index contributed by atoms with van der Waals surface area (Å²) in [5, 5.41) is 0. The molecule has 1 aliphatic rings. The Morgan fingerprint density at radius 2 is 1.74 bits per heavy atom. The molecule has 27 heavy (non-hydrogen) atoms. The number of hydrogen-bond donors (Lipinski definition) is 1. The molecular weight excluding hydrogens is 364 g/mol. The molecule has 3 rings (SSSR count). The van der Waals surface area contributed by atoms with Gasteiger partial charge in [0.1, 0.15) is 0 Å². The zero-order valence-corrected chi connectivity index (χ0v) is 16.3. The van der Waals surface area contributed by atoms with Gasteiger partial charge in [0.15, 0.2) is 0 Å². The van der Waals surface area contributed by atoms with Crippen LogP contribution in [0.2, 0.25) is 0 Å². The number of rotatable bonds is 5. The van der Waals surface area contributed by atoms with E-state index in [9.17, 15) is 13.2 Å². The van der Waals surface area contributed by atoms with Crippen molar-refractivity contribution < 1.29 is 17.9 Å². The molecule has 1 saturated heterocycles. The molecule has 1 amide bonds. The van der Waals surface area contributed by atoms with Gasteiger partial charge in [-0.2, -0.15) is 0 Å². The summed E-state index contributed by atoms with van der Waals surface area (Å²) in [6.07, 6.45) is -0.0886. The van der Waals surface area contributed by atoms with Crippen LogP contribution in [0.3, 0.4) is 0 Å². The summed E-state index contributed by atoms with van der Waals surface area (Å²) in [7, 11) is -3.71. The first-order valence-corrected chi connectivity index (χ1v) is 10.4. The van der Waals surface area contributed by atoms with Crippen LogP contribution >= 0.6 is 0 Å². The number of carbonyl (C=O) groups is 1. The second kappa shape index (κ2) is 8.21. The predicted octanol–water partition coefficient (Wildman–Crippen LogP) is 2.41. The van der Waals surface area contributed by atoms with Gasteiger partial charge in [0.2, 0.25) is 10.0 Å². The topological polar surface area (TPSA) is 75.7 Å². The molecular formula is C20H24N2O4S. The van der Waals surface area contributed by atoms with Crippen molar-refractivity contribution in [3.05, 3.63) is 65.7 Å². The first-order valence-electron chi connectivity index (χ1n) is 8.93. The highest BCUT2D eigenvalue weighted by atomic mass is 32.2. The summed E-state index contributed by atoms with van der Waals surface area (Å²) in [5.41, 5.74) is 1.23. The maximum Gasteiger partial charge on any atom is 0.254 e. The van der Waals surface area contributed by atoms with Crippen molar-refractivity contribution in [2.24, 2.45) is 0 Å². The second-order valence-electron chi connectivity index (χ2n) is 6.81. The van der Waals surface area contributed by atoms with Crippen LogP contribution < -0.4 is 4.72 Å². The van der Waals surface area contributed by atoms with Gasteiger partial charge >= 0.3 is 0 Å². The Morgan fingerprint density at radius 3 is 2.41 bits per heavy atom. The SMILES string of the molecule is C[C@H]1CN(C(=O)c2cccc(S(=O)(=O)NCc3ccccc3)c2)C[C@H](C)O1. The molecule has 144 valence electrons. The lowest BCUT2D eigenvalue weighted by atomic mass is 10.1. The molecule has 0 unspecified atom stereocenters. The monoisotopic (exact) mass is 388 g/mol. The summed E-state index contributed by atoms with van der Waals surface area (Å²) in [5.74, 6) is -0.183. The van der Waals surface area contributed by atoms with Gasteiger partial charge in [0.25, 0.3) is 5.91 Å². The first kappa shape index (κ1) is 19.5. The van der Waals surface area contributed by atoms with E-state index >= 15 is 0 Å². The quantitative estimate of drug-likeness (QED) is 0.854. The summed E-state index contributed by atoms with van der Waals surface area (Å²) in [4.78, 5) is 14.6. The lowest BCUT2D eigenvalue weighted by Gasteiger charge is -2.35. The summed E-state index contributed by atoms with van der Waals surface area (Å²) in [6, 6.07) is 15.4. The average molecular weight is 388 g/mol. The first-order chi connectivity index (χ1) is 12.8. The van der Waals surface area contributed by atoms with E-state index in [-0.39, 0.29) is 29.6 Å². The second-order valence-corrected chi connectivity index (χ2v) is 8.57. The Kier molecular flexibility index (Phi) is 5.94. The Labute approximate surface area is 160 Å². The number of morpholine rings is 1. The molecule has 0 aromatic heterocycles. The largest absolute Gasteiger partial charge is 0.372 e. The molecule has 0 bridgehead atoms. The van der Waals surface area contributed by atoms with Crippen LogP contribution in [0.4, 0.5) is 0 Å². The van der Waals surface area contributed by atoms with E-state index < -0.39 is 10.0 Å². The minimum absolute atomic E-state index is 0.0443. The molecule has 7 heteroatoms. The van der Waals surface area contributed by atoms with Crippen LogP contribution in [0.1, 0.15) is 29.8 Å². The predicted molar refractivity (Wildman–Crippen MR) is 103 cm³/mol. The van der Waals surface area contributed by atoms with Crippen molar-refractivity contribution in [3.8, 4) is 0 Å². The van der Waals surface area contributed by atoms with Crippen LogP contribution in [0.5, 0.6) is 0 Å². The molecule has 1 heterocycles. The van der Waals surface area contributed by atoms with Crippen molar-refractivity contribution in [1.82, 2.24) is 9.62 Å². The van der Waals surface area contributed by atoms with Crippen molar-refractivity contribution in [1.29, 1.82) is 0 Å². The number of carbonyl (C=O) groups excluding carboxylic acids is 1. The summed E-state index contributed by atoms with van der Waals surface area (Å²) >= 11 is 0. The fourth-order valence-corrected chi connectivity index (χ4v) is 4.24. The van der Waals surface area contributed by atoms with Crippen LogP contribution in [-0.2, 0) is 21.3 Å². The van der Waals surface area contributed by atoms with E-state index in [0.29, 0.717) is 18.7 Å². The van der Waals surface area contributed by atoms with Crippen molar-refractivity contribution in [3.63, 3.8) is 0 Å². The fourth-order valence-electron chi connectivity index (χ4n) is 3.18. The van der Waals surface area contributed by atoms with Gasteiger partial charge in [-0.25, -0.2) is 13.1 Å². The molecule has 2 aromatic rings. The normalized spacial score (nSPS) is 20.4. The number of hydrogen-bond acceptors (Lipinski definition) is 4. The number of nitrogens with one attached hydrogen (secondary N) is 1.